The number of hydrogen-bond donors (Lipinski definition) is 1. The summed E-state index contributed by atoms with van der Waals surface area (Å²) in [5.41, 5.74) is 1.40. The topological polar surface area (TPSA) is 12.0 Å². The Morgan fingerprint density at radius 3 is 2.53 bits per heavy atom. The van der Waals surface area contributed by atoms with Crippen LogP contribution >= 0.6 is 23.4 Å². The lowest BCUT2D eigenvalue weighted by Gasteiger charge is -2.21. The Balaban J connectivity index is 1.96. The first kappa shape index (κ1) is 15.2. The van der Waals surface area contributed by atoms with Crippen molar-refractivity contribution in [1.29, 1.82) is 0 Å². The largest absolute Gasteiger partial charge is 0.308 e. The van der Waals surface area contributed by atoms with Gasteiger partial charge in [-0.1, -0.05) is 30.5 Å². The Morgan fingerprint density at radius 2 is 1.95 bits per heavy atom. The fourth-order valence-electron chi connectivity index (χ4n) is 2.30. The van der Waals surface area contributed by atoms with Gasteiger partial charge < -0.3 is 5.32 Å². The molecule has 1 nitrogen and oxygen atoms in total. The Labute approximate surface area is 126 Å². The molecule has 1 saturated carbocycles. The second-order valence-electron chi connectivity index (χ2n) is 6.39. The highest BCUT2D eigenvalue weighted by Crippen LogP contribution is 2.38. The maximum Gasteiger partial charge on any atom is 0.0545 e. The lowest BCUT2D eigenvalue weighted by molar-refractivity contribution is 0.424. The molecule has 1 aromatic rings. The van der Waals surface area contributed by atoms with Crippen molar-refractivity contribution in [2.75, 3.05) is 0 Å². The summed E-state index contributed by atoms with van der Waals surface area (Å²) in [5, 5.41) is 5.17. The first-order chi connectivity index (χ1) is 8.94. The molecule has 0 heterocycles. The van der Waals surface area contributed by atoms with E-state index in [0.29, 0.717) is 0 Å². The number of halogens is 1. The molecule has 0 spiro atoms. The van der Waals surface area contributed by atoms with Crippen LogP contribution in [0.25, 0.3) is 0 Å². The molecule has 0 amide bonds. The Hall–Kier alpha value is -0.180. The predicted molar refractivity (Wildman–Crippen MR) is 86.2 cm³/mol. The second kappa shape index (κ2) is 6.51. The van der Waals surface area contributed by atoms with Crippen LogP contribution in [0.5, 0.6) is 0 Å². The number of rotatable bonds is 4. The van der Waals surface area contributed by atoms with E-state index in [0.717, 1.165) is 16.8 Å². The maximum atomic E-state index is 6.41. The van der Waals surface area contributed by atoms with Gasteiger partial charge in [-0.3, -0.25) is 0 Å². The van der Waals surface area contributed by atoms with Gasteiger partial charge in [-0.2, -0.15) is 0 Å². The van der Waals surface area contributed by atoms with Crippen molar-refractivity contribution >= 4 is 23.4 Å². The van der Waals surface area contributed by atoms with Crippen LogP contribution in [-0.4, -0.2) is 10.8 Å². The van der Waals surface area contributed by atoms with Crippen molar-refractivity contribution in [1.82, 2.24) is 5.32 Å². The zero-order valence-electron chi connectivity index (χ0n) is 12.1. The van der Waals surface area contributed by atoms with E-state index < -0.39 is 0 Å². The Kier molecular flexibility index (Phi) is 5.22. The standard InChI is InChI=1S/C16H24ClNS/c1-16(2,3)18-11-12-8-9-15(14(17)10-12)19-13-6-4-5-7-13/h8-10,13,18H,4-7,11H2,1-3H3. The predicted octanol–water partition coefficient (Wildman–Crippen LogP) is 5.26. The molecule has 1 aromatic carbocycles. The molecule has 2 rings (SSSR count). The highest BCUT2D eigenvalue weighted by molar-refractivity contribution is 8.00. The van der Waals surface area contributed by atoms with E-state index in [1.54, 1.807) is 0 Å². The maximum absolute atomic E-state index is 6.41. The lowest BCUT2D eigenvalue weighted by atomic mass is 10.1. The highest BCUT2D eigenvalue weighted by Gasteiger charge is 2.17. The van der Waals surface area contributed by atoms with Crippen molar-refractivity contribution in [2.24, 2.45) is 0 Å². The fraction of sp³-hybridized carbons (Fsp3) is 0.625. The summed E-state index contributed by atoms with van der Waals surface area (Å²) in [4.78, 5) is 1.24. The summed E-state index contributed by atoms with van der Waals surface area (Å²) in [6, 6.07) is 6.49. The molecule has 0 aromatic heterocycles. The molecular formula is C16H24ClNS. The lowest BCUT2D eigenvalue weighted by Crippen LogP contribution is -2.35. The molecule has 0 saturated heterocycles. The number of nitrogens with one attached hydrogen (secondary N) is 1. The van der Waals surface area contributed by atoms with Gasteiger partial charge >= 0.3 is 0 Å². The first-order valence-electron chi connectivity index (χ1n) is 7.14. The van der Waals surface area contributed by atoms with Crippen LogP contribution in [0.4, 0.5) is 0 Å². The van der Waals surface area contributed by atoms with E-state index in [4.69, 9.17) is 11.6 Å². The van der Waals surface area contributed by atoms with Crippen LogP contribution in [0, 0.1) is 0 Å². The molecule has 0 radical (unpaired) electrons. The van der Waals surface area contributed by atoms with Crippen molar-refractivity contribution in [3.05, 3.63) is 28.8 Å². The molecule has 3 heteroatoms. The summed E-state index contributed by atoms with van der Waals surface area (Å²) in [6.45, 7) is 7.41. The smallest absolute Gasteiger partial charge is 0.0545 e. The first-order valence-corrected chi connectivity index (χ1v) is 8.40. The van der Waals surface area contributed by atoms with Crippen molar-refractivity contribution in [3.63, 3.8) is 0 Å². The Morgan fingerprint density at radius 1 is 1.26 bits per heavy atom. The van der Waals surface area contributed by atoms with Crippen LogP contribution in [0.3, 0.4) is 0 Å². The van der Waals surface area contributed by atoms with E-state index >= 15 is 0 Å². The third-order valence-corrected chi connectivity index (χ3v) is 5.25. The van der Waals surface area contributed by atoms with E-state index in [1.165, 1.54) is 36.1 Å². The van der Waals surface area contributed by atoms with Gasteiger partial charge in [0.05, 0.1) is 5.02 Å². The third kappa shape index (κ3) is 5.02. The summed E-state index contributed by atoms with van der Waals surface area (Å²) in [6.07, 6.45) is 5.44. The molecule has 0 aliphatic heterocycles. The highest BCUT2D eigenvalue weighted by atomic mass is 35.5. The fourth-order valence-corrected chi connectivity index (χ4v) is 3.89. The van der Waals surface area contributed by atoms with Gasteiger partial charge in [-0.05, 0) is 51.3 Å². The molecule has 0 unspecified atom stereocenters. The van der Waals surface area contributed by atoms with Crippen LogP contribution in [-0.2, 0) is 6.54 Å². The minimum atomic E-state index is 0.143. The van der Waals surface area contributed by atoms with Gasteiger partial charge in [0.2, 0.25) is 0 Å². The average Bonchev–Trinajstić information content (AvgIpc) is 2.81. The van der Waals surface area contributed by atoms with E-state index in [1.807, 2.05) is 11.8 Å². The molecule has 0 bridgehead atoms. The van der Waals surface area contributed by atoms with Gasteiger partial charge in [-0.25, -0.2) is 0 Å². The molecule has 1 aliphatic carbocycles. The van der Waals surface area contributed by atoms with Gasteiger partial charge in [0.15, 0.2) is 0 Å². The Bertz CT molecular complexity index is 419. The van der Waals surface area contributed by atoms with Crippen LogP contribution in [0.1, 0.15) is 52.0 Å². The van der Waals surface area contributed by atoms with Gasteiger partial charge in [0, 0.05) is 22.2 Å². The molecule has 1 aliphatic rings. The molecule has 0 atom stereocenters. The van der Waals surface area contributed by atoms with Crippen molar-refractivity contribution in [3.8, 4) is 0 Å². The number of hydrogen-bond acceptors (Lipinski definition) is 2. The van der Waals surface area contributed by atoms with Gasteiger partial charge in [0.25, 0.3) is 0 Å². The van der Waals surface area contributed by atoms with E-state index in [9.17, 15) is 0 Å². The van der Waals surface area contributed by atoms with Crippen LogP contribution in [0.15, 0.2) is 23.1 Å². The second-order valence-corrected chi connectivity index (χ2v) is 8.14. The number of thioether (sulfide) groups is 1. The van der Waals surface area contributed by atoms with Gasteiger partial charge in [0.1, 0.15) is 0 Å². The molecule has 1 fully saturated rings. The SMILES string of the molecule is CC(C)(C)NCc1ccc(SC2CCCC2)c(Cl)c1. The van der Waals surface area contributed by atoms with Crippen LogP contribution in [0.2, 0.25) is 5.02 Å². The monoisotopic (exact) mass is 297 g/mol. The van der Waals surface area contributed by atoms with Crippen molar-refractivity contribution in [2.45, 2.75) is 68.7 Å². The van der Waals surface area contributed by atoms with Crippen LogP contribution < -0.4 is 5.32 Å². The van der Waals surface area contributed by atoms with Gasteiger partial charge in [-0.15, -0.1) is 11.8 Å². The summed E-state index contributed by atoms with van der Waals surface area (Å²) in [7, 11) is 0. The zero-order valence-corrected chi connectivity index (χ0v) is 13.7. The van der Waals surface area contributed by atoms with E-state index in [2.05, 4.69) is 44.3 Å². The minimum Gasteiger partial charge on any atom is -0.308 e. The normalized spacial score (nSPS) is 17.1. The van der Waals surface area contributed by atoms with Crippen molar-refractivity contribution < 1.29 is 0 Å². The molecule has 19 heavy (non-hydrogen) atoms. The summed E-state index contributed by atoms with van der Waals surface area (Å²) < 4.78 is 0. The molecule has 1 N–H and O–H groups in total. The summed E-state index contributed by atoms with van der Waals surface area (Å²) >= 11 is 8.37. The van der Waals surface area contributed by atoms with E-state index in [-0.39, 0.29) is 5.54 Å². The molecule has 106 valence electrons. The zero-order chi connectivity index (χ0) is 13.9. The third-order valence-electron chi connectivity index (χ3n) is 3.41. The summed E-state index contributed by atoms with van der Waals surface area (Å²) in [5.74, 6) is 0. The minimum absolute atomic E-state index is 0.143. The average molecular weight is 298 g/mol. The molecular weight excluding hydrogens is 274 g/mol. The quantitative estimate of drug-likeness (QED) is 0.813. The number of benzene rings is 1.